The smallest absolute Gasteiger partial charge is 0.327 e. The minimum absolute atomic E-state index is 0. The van der Waals surface area contributed by atoms with Crippen LogP contribution in [0.3, 0.4) is 0 Å². The highest BCUT2D eigenvalue weighted by molar-refractivity contribution is 5.85. The van der Waals surface area contributed by atoms with Gasteiger partial charge in [-0.2, -0.15) is 0 Å². The van der Waals surface area contributed by atoms with E-state index in [0.717, 1.165) is 32.5 Å². The van der Waals surface area contributed by atoms with Crippen molar-refractivity contribution in [3.8, 4) is 0 Å². The zero-order chi connectivity index (χ0) is 14.1. The van der Waals surface area contributed by atoms with Crippen LogP contribution in [-0.4, -0.2) is 36.6 Å². The maximum atomic E-state index is 12.9. The van der Waals surface area contributed by atoms with Crippen LogP contribution in [-0.2, 0) is 9.53 Å². The number of carbonyl (C=O) groups is 1. The van der Waals surface area contributed by atoms with E-state index in [9.17, 15) is 9.18 Å². The summed E-state index contributed by atoms with van der Waals surface area (Å²) < 4.78 is 18.4. The molecule has 3 aliphatic heterocycles. The zero-order valence-corrected chi connectivity index (χ0v) is 13.7. The Kier molecular flexibility index (Phi) is 7.06. The van der Waals surface area contributed by atoms with Crippen molar-refractivity contribution in [2.45, 2.75) is 25.0 Å². The van der Waals surface area contributed by atoms with Crippen LogP contribution in [0.1, 0.15) is 24.4 Å². The molecule has 3 heterocycles. The number of esters is 1. The minimum Gasteiger partial charge on any atom is -0.459 e. The molecule has 2 bridgehead atoms. The van der Waals surface area contributed by atoms with Gasteiger partial charge in [0, 0.05) is 6.54 Å². The molecule has 0 spiro atoms. The fourth-order valence-corrected chi connectivity index (χ4v) is 3.07. The van der Waals surface area contributed by atoms with Gasteiger partial charge in [0.15, 0.2) is 0 Å². The monoisotopic (exact) mass is 350 g/mol. The second-order valence-corrected chi connectivity index (χ2v) is 5.64. The summed E-state index contributed by atoms with van der Waals surface area (Å²) in [7, 11) is 0. The zero-order valence-electron chi connectivity index (χ0n) is 12.1. The van der Waals surface area contributed by atoms with Crippen molar-refractivity contribution >= 4 is 30.8 Å². The van der Waals surface area contributed by atoms with Crippen LogP contribution in [0.25, 0.3) is 0 Å². The van der Waals surface area contributed by atoms with Crippen LogP contribution in [0.4, 0.5) is 4.39 Å². The van der Waals surface area contributed by atoms with E-state index >= 15 is 0 Å². The number of ether oxygens (including phenoxy) is 1. The van der Waals surface area contributed by atoms with Gasteiger partial charge in [-0.3, -0.25) is 4.90 Å². The molecule has 4 rings (SSSR count). The summed E-state index contributed by atoms with van der Waals surface area (Å²) in [6.45, 7) is 3.01. The maximum Gasteiger partial charge on any atom is 0.327 e. The first-order valence-corrected chi connectivity index (χ1v) is 7.07. The molecule has 0 amide bonds. The highest BCUT2D eigenvalue weighted by Gasteiger charge is 2.37. The SMILES string of the molecule is Cl.Cl.NC(C(=O)O[C@H]1CN2CCC1CC2)c1ccc(F)cc1. The van der Waals surface area contributed by atoms with Crippen molar-refractivity contribution in [3.05, 3.63) is 35.6 Å². The minimum atomic E-state index is -0.842. The number of carbonyl (C=O) groups excluding carboxylic acids is 1. The molecule has 1 aromatic rings. The molecule has 4 nitrogen and oxygen atoms in total. The molecular formula is C15H21Cl2FN2O2. The number of rotatable bonds is 3. The number of benzene rings is 1. The number of hydrogen-bond acceptors (Lipinski definition) is 4. The van der Waals surface area contributed by atoms with Gasteiger partial charge in [0.2, 0.25) is 0 Å². The molecule has 3 fully saturated rings. The molecule has 22 heavy (non-hydrogen) atoms. The summed E-state index contributed by atoms with van der Waals surface area (Å²) in [6, 6.07) is 4.81. The summed E-state index contributed by atoms with van der Waals surface area (Å²) >= 11 is 0. The third-order valence-electron chi connectivity index (χ3n) is 4.35. The third kappa shape index (κ3) is 4.10. The second kappa shape index (κ2) is 8.11. The Morgan fingerprint density at radius 2 is 1.82 bits per heavy atom. The van der Waals surface area contributed by atoms with Gasteiger partial charge in [-0.25, -0.2) is 9.18 Å². The van der Waals surface area contributed by atoms with Crippen molar-refractivity contribution < 1.29 is 13.9 Å². The Balaban J connectivity index is 0.00000121. The summed E-state index contributed by atoms with van der Waals surface area (Å²) in [5.41, 5.74) is 6.47. The van der Waals surface area contributed by atoms with E-state index in [2.05, 4.69) is 4.90 Å². The van der Waals surface area contributed by atoms with Crippen LogP contribution in [0, 0.1) is 11.7 Å². The third-order valence-corrected chi connectivity index (χ3v) is 4.35. The molecule has 2 atom stereocenters. The largest absolute Gasteiger partial charge is 0.459 e. The summed E-state index contributed by atoms with van der Waals surface area (Å²) in [5, 5.41) is 0. The van der Waals surface area contributed by atoms with Gasteiger partial charge in [0.05, 0.1) is 0 Å². The molecule has 0 aliphatic carbocycles. The van der Waals surface area contributed by atoms with Gasteiger partial charge in [0.25, 0.3) is 0 Å². The Hall–Kier alpha value is -0.880. The van der Waals surface area contributed by atoms with Gasteiger partial charge < -0.3 is 10.5 Å². The average Bonchev–Trinajstić information content (AvgIpc) is 2.48. The highest BCUT2D eigenvalue weighted by Crippen LogP contribution is 2.30. The second-order valence-electron chi connectivity index (χ2n) is 5.64. The molecule has 3 saturated heterocycles. The van der Waals surface area contributed by atoms with Gasteiger partial charge in [-0.15, -0.1) is 24.8 Å². The molecule has 2 N–H and O–H groups in total. The van der Waals surface area contributed by atoms with E-state index in [1.54, 1.807) is 0 Å². The molecule has 7 heteroatoms. The van der Waals surface area contributed by atoms with E-state index in [1.807, 2.05) is 0 Å². The fraction of sp³-hybridized carbons (Fsp3) is 0.533. The predicted molar refractivity (Wildman–Crippen MR) is 86.9 cm³/mol. The Bertz CT molecular complexity index is 493. The Morgan fingerprint density at radius 3 is 2.32 bits per heavy atom. The fourth-order valence-electron chi connectivity index (χ4n) is 3.07. The van der Waals surface area contributed by atoms with Crippen LogP contribution < -0.4 is 5.73 Å². The topological polar surface area (TPSA) is 55.6 Å². The van der Waals surface area contributed by atoms with Crippen molar-refractivity contribution in [1.29, 1.82) is 0 Å². The van der Waals surface area contributed by atoms with E-state index in [0.29, 0.717) is 11.5 Å². The van der Waals surface area contributed by atoms with Gasteiger partial charge >= 0.3 is 5.97 Å². The number of fused-ring (bicyclic) bond motifs is 3. The number of halogens is 3. The first-order valence-electron chi connectivity index (χ1n) is 7.07. The molecular weight excluding hydrogens is 330 g/mol. The number of nitrogens with zero attached hydrogens (tertiary/aromatic N) is 1. The Labute approximate surface area is 142 Å². The quantitative estimate of drug-likeness (QED) is 0.850. The highest BCUT2D eigenvalue weighted by atomic mass is 35.5. The van der Waals surface area contributed by atoms with E-state index in [4.69, 9.17) is 10.5 Å². The Morgan fingerprint density at radius 1 is 1.23 bits per heavy atom. The van der Waals surface area contributed by atoms with Crippen molar-refractivity contribution in [2.24, 2.45) is 11.7 Å². The van der Waals surface area contributed by atoms with Crippen LogP contribution in [0.5, 0.6) is 0 Å². The van der Waals surface area contributed by atoms with Crippen LogP contribution in [0.2, 0.25) is 0 Å². The van der Waals surface area contributed by atoms with Gasteiger partial charge in [-0.1, -0.05) is 12.1 Å². The first kappa shape index (κ1) is 19.2. The van der Waals surface area contributed by atoms with Gasteiger partial charge in [-0.05, 0) is 49.5 Å². The van der Waals surface area contributed by atoms with Gasteiger partial charge in [0.1, 0.15) is 18.0 Å². The molecule has 1 unspecified atom stereocenters. The lowest BCUT2D eigenvalue weighted by molar-refractivity contribution is -0.160. The lowest BCUT2D eigenvalue weighted by Crippen LogP contribution is -2.52. The van der Waals surface area contributed by atoms with E-state index < -0.39 is 12.0 Å². The molecule has 124 valence electrons. The summed E-state index contributed by atoms with van der Waals surface area (Å²) in [5.74, 6) is -0.300. The maximum absolute atomic E-state index is 12.9. The van der Waals surface area contributed by atoms with Crippen molar-refractivity contribution in [2.75, 3.05) is 19.6 Å². The molecule has 3 aliphatic rings. The lowest BCUT2D eigenvalue weighted by atomic mass is 9.86. The average molecular weight is 351 g/mol. The van der Waals surface area contributed by atoms with Crippen LogP contribution in [0.15, 0.2) is 24.3 Å². The lowest BCUT2D eigenvalue weighted by Gasteiger charge is -2.44. The number of nitrogens with two attached hydrogens (primary N) is 1. The van der Waals surface area contributed by atoms with Crippen LogP contribution >= 0.6 is 24.8 Å². The van der Waals surface area contributed by atoms with E-state index in [-0.39, 0.29) is 36.7 Å². The standard InChI is InChI=1S/C15H19FN2O2.2ClH/c16-12-3-1-11(2-4-12)14(17)15(19)20-13-9-18-7-5-10(13)6-8-18;;/h1-4,10,13-14H,5-9,17H2;2*1H/t13-,14?;;/m0../s1. The number of piperidine rings is 3. The summed E-state index contributed by atoms with van der Waals surface area (Å²) in [4.78, 5) is 14.4. The van der Waals surface area contributed by atoms with Crippen molar-refractivity contribution in [3.63, 3.8) is 0 Å². The molecule has 0 aromatic heterocycles. The number of hydrogen-bond donors (Lipinski definition) is 1. The van der Waals surface area contributed by atoms with E-state index in [1.165, 1.54) is 24.3 Å². The molecule has 0 radical (unpaired) electrons. The summed E-state index contributed by atoms with van der Waals surface area (Å²) in [6.07, 6.45) is 2.13. The molecule has 1 aromatic carbocycles. The first-order chi connectivity index (χ1) is 9.63. The predicted octanol–water partition coefficient (Wildman–Crippen LogP) is 2.31. The molecule has 0 saturated carbocycles. The van der Waals surface area contributed by atoms with Crippen molar-refractivity contribution in [1.82, 2.24) is 4.90 Å². The normalized spacial score (nSPS) is 27.3.